The van der Waals surface area contributed by atoms with Crippen LogP contribution in [0.4, 0.5) is 0 Å². The third-order valence-electron chi connectivity index (χ3n) is 0.646. The first-order chi connectivity index (χ1) is 5.63. The van der Waals surface area contributed by atoms with E-state index in [1.165, 1.54) is 0 Å². The Balaban J connectivity index is 3.07. The molecule has 0 amide bonds. The summed E-state index contributed by atoms with van der Waals surface area (Å²) in [7, 11) is 0. The van der Waals surface area contributed by atoms with Crippen LogP contribution in [0.25, 0.3) is 0 Å². The van der Waals surface area contributed by atoms with E-state index in [1.807, 2.05) is 0 Å². The Morgan fingerprint density at radius 2 is 2.86 bits per heavy atom. The van der Waals surface area contributed by atoms with E-state index in [0.717, 1.165) is 0 Å². The third kappa shape index (κ3) is 1.45. The zero-order valence-electron chi connectivity index (χ0n) is 9.73. The molecule has 1 fully saturated rings. The fourth-order valence-corrected chi connectivity index (χ4v) is 0.370. The largest absolute Gasteiger partial charge is 0.392 e. The first-order valence-corrected chi connectivity index (χ1v) is 2.01. The summed E-state index contributed by atoms with van der Waals surface area (Å²) in [6.07, 6.45) is -7.87. The molecule has 1 aliphatic heterocycles. The Morgan fingerprint density at radius 1 is 2.00 bits per heavy atom. The van der Waals surface area contributed by atoms with Gasteiger partial charge in [-0.3, -0.25) is 0 Å². The van der Waals surface area contributed by atoms with Gasteiger partial charge in [-0.15, -0.1) is 0 Å². The van der Waals surface area contributed by atoms with Gasteiger partial charge >= 0.3 is 0 Å². The van der Waals surface area contributed by atoms with E-state index in [0.29, 0.717) is 0 Å². The zero-order valence-corrected chi connectivity index (χ0v) is 3.73. The number of hydrogen-bond donors (Lipinski definition) is 2. The normalized spacial score (nSPS) is 81.0. The van der Waals surface area contributed by atoms with Gasteiger partial charge in [0.15, 0.2) is 0 Å². The Labute approximate surface area is 52.0 Å². The lowest BCUT2D eigenvalue weighted by Gasteiger charge is -2.16. The SMILES string of the molecule is [2H]C1NCC([2H])([2H])C([2H])([2H])C1([2H])O. The molecule has 1 saturated heterocycles. The second-order valence-electron chi connectivity index (χ2n) is 1.21. The molecule has 2 unspecified atom stereocenters. The summed E-state index contributed by atoms with van der Waals surface area (Å²) in [5.41, 5.74) is 0. The maximum absolute atomic E-state index is 9.31. The van der Waals surface area contributed by atoms with Crippen molar-refractivity contribution in [2.45, 2.75) is 18.8 Å². The fraction of sp³-hybridized carbons (Fsp3) is 1.00. The molecular weight excluding hydrogens is 90.1 g/mol. The predicted molar refractivity (Wildman–Crippen MR) is 28.1 cm³/mol. The highest BCUT2D eigenvalue weighted by Crippen LogP contribution is 1.98. The third-order valence-corrected chi connectivity index (χ3v) is 0.646. The highest BCUT2D eigenvalue weighted by atomic mass is 16.3. The van der Waals surface area contributed by atoms with E-state index in [-0.39, 0.29) is 6.54 Å². The quantitative estimate of drug-likeness (QED) is 0.446. The minimum absolute atomic E-state index is 0.380. The molecule has 2 atom stereocenters. The molecule has 0 aliphatic carbocycles. The van der Waals surface area contributed by atoms with Crippen LogP contribution in [0.15, 0.2) is 0 Å². The van der Waals surface area contributed by atoms with Gasteiger partial charge in [0.05, 0.1) is 7.45 Å². The van der Waals surface area contributed by atoms with E-state index in [4.69, 9.17) is 8.22 Å². The molecule has 0 spiro atoms. The minimum Gasteiger partial charge on any atom is -0.392 e. The number of piperidine rings is 1. The predicted octanol–water partition coefficient (Wildman–Crippen LogP) is -0.269. The van der Waals surface area contributed by atoms with Gasteiger partial charge in [-0.1, -0.05) is 0 Å². The summed E-state index contributed by atoms with van der Waals surface area (Å²) in [5, 5.41) is 11.5. The molecular formula is C5H11NO. The first-order valence-electron chi connectivity index (χ1n) is 5.09. The van der Waals surface area contributed by atoms with Crippen molar-refractivity contribution in [2.24, 2.45) is 0 Å². The minimum atomic E-state index is -2.77. The molecule has 7 heavy (non-hydrogen) atoms. The van der Waals surface area contributed by atoms with Crippen molar-refractivity contribution in [3.63, 3.8) is 0 Å². The molecule has 2 nitrogen and oxygen atoms in total. The molecule has 42 valence electrons. The average molecular weight is 107 g/mol. The van der Waals surface area contributed by atoms with Crippen LogP contribution in [0, 0.1) is 0 Å². The van der Waals surface area contributed by atoms with Gasteiger partial charge in [-0.2, -0.15) is 0 Å². The van der Waals surface area contributed by atoms with Crippen molar-refractivity contribution in [2.75, 3.05) is 13.1 Å². The Kier molecular flexibility index (Phi) is 0.474. The van der Waals surface area contributed by atoms with Gasteiger partial charge < -0.3 is 10.4 Å². The van der Waals surface area contributed by atoms with E-state index in [1.54, 1.807) is 0 Å². The van der Waals surface area contributed by atoms with Crippen molar-refractivity contribution >= 4 is 0 Å². The second-order valence-corrected chi connectivity index (χ2v) is 1.21. The Hall–Kier alpha value is -0.0800. The first kappa shape index (κ1) is 1.45. The molecule has 2 N–H and O–H groups in total. The van der Waals surface area contributed by atoms with Gasteiger partial charge in [0.25, 0.3) is 0 Å². The molecule has 0 saturated carbocycles. The van der Waals surface area contributed by atoms with E-state index < -0.39 is 25.3 Å². The average Bonchev–Trinajstić information content (AvgIpc) is 1.97. The summed E-state index contributed by atoms with van der Waals surface area (Å²) in [6, 6.07) is 0. The fourth-order valence-electron chi connectivity index (χ4n) is 0.370. The standard InChI is InChI=1S/C5H11NO/c7-5-2-1-3-6-4-5/h5-7H,1-4H2/i1D2,2D2,4D,5D. The van der Waals surface area contributed by atoms with Gasteiger partial charge in [-0.25, -0.2) is 0 Å². The van der Waals surface area contributed by atoms with Crippen LogP contribution in [0.5, 0.6) is 0 Å². The molecule has 0 aromatic carbocycles. The van der Waals surface area contributed by atoms with Crippen LogP contribution in [0.1, 0.15) is 21.0 Å². The highest BCUT2D eigenvalue weighted by molar-refractivity contribution is 4.65. The van der Waals surface area contributed by atoms with Gasteiger partial charge in [0.2, 0.25) is 0 Å². The van der Waals surface area contributed by atoms with Gasteiger partial charge in [0, 0.05) is 13.4 Å². The van der Waals surface area contributed by atoms with Crippen LogP contribution in [0.3, 0.4) is 0 Å². The van der Waals surface area contributed by atoms with Crippen LogP contribution >= 0.6 is 0 Å². The van der Waals surface area contributed by atoms with E-state index >= 15 is 0 Å². The molecule has 1 heterocycles. The van der Waals surface area contributed by atoms with Crippen LogP contribution in [-0.2, 0) is 0 Å². The van der Waals surface area contributed by atoms with Gasteiger partial charge in [-0.05, 0) is 19.3 Å². The monoisotopic (exact) mass is 107 g/mol. The smallest absolute Gasteiger partial charge is 0.0665 e. The van der Waals surface area contributed by atoms with Crippen molar-refractivity contribution in [1.29, 1.82) is 0 Å². The molecule has 0 radical (unpaired) electrons. The Bertz CT molecular complexity index is 217. The van der Waals surface area contributed by atoms with Crippen molar-refractivity contribution in [1.82, 2.24) is 5.32 Å². The van der Waals surface area contributed by atoms with E-state index in [9.17, 15) is 5.11 Å². The van der Waals surface area contributed by atoms with Crippen LogP contribution in [0.2, 0.25) is 0 Å². The maximum Gasteiger partial charge on any atom is 0.0665 e. The molecule has 2 heteroatoms. The summed E-state index contributed by atoms with van der Waals surface area (Å²) in [6.45, 7) is -1.92. The second kappa shape index (κ2) is 2.28. The maximum atomic E-state index is 9.31. The topological polar surface area (TPSA) is 32.3 Å². The number of nitrogens with one attached hydrogen (secondary N) is 1. The zero-order chi connectivity index (χ0) is 10.5. The summed E-state index contributed by atoms with van der Waals surface area (Å²) >= 11 is 0. The molecule has 0 aromatic heterocycles. The number of hydrogen-bond acceptors (Lipinski definition) is 2. The summed E-state index contributed by atoms with van der Waals surface area (Å²) in [4.78, 5) is 0. The Morgan fingerprint density at radius 3 is 3.57 bits per heavy atom. The summed E-state index contributed by atoms with van der Waals surface area (Å²) < 4.78 is 43.3. The molecule has 1 rings (SSSR count). The molecule has 0 bridgehead atoms. The molecule has 0 aromatic rings. The van der Waals surface area contributed by atoms with Gasteiger partial charge in [0.1, 0.15) is 0 Å². The van der Waals surface area contributed by atoms with Crippen molar-refractivity contribution in [3.8, 4) is 0 Å². The number of aliphatic hydroxyl groups is 1. The summed E-state index contributed by atoms with van der Waals surface area (Å²) in [5.74, 6) is 0. The lowest BCUT2D eigenvalue weighted by atomic mass is 10.1. The number of β-amino-alcohol motifs (C(OH)–C–C–N with tert-alkyl or cyclic N) is 1. The molecule has 1 aliphatic rings. The highest BCUT2D eigenvalue weighted by Gasteiger charge is 2.06. The lowest BCUT2D eigenvalue weighted by molar-refractivity contribution is 0.142. The van der Waals surface area contributed by atoms with Crippen molar-refractivity contribution < 1.29 is 13.3 Å². The lowest BCUT2D eigenvalue weighted by Crippen LogP contribution is -2.33. The van der Waals surface area contributed by atoms with E-state index in [2.05, 4.69) is 5.32 Å². The van der Waals surface area contributed by atoms with Crippen molar-refractivity contribution in [3.05, 3.63) is 0 Å². The number of rotatable bonds is 0. The van der Waals surface area contributed by atoms with Crippen LogP contribution < -0.4 is 5.32 Å². The van der Waals surface area contributed by atoms with Crippen LogP contribution in [-0.4, -0.2) is 24.3 Å².